The van der Waals surface area contributed by atoms with E-state index in [1.165, 1.54) is 22.3 Å². The van der Waals surface area contributed by atoms with E-state index in [9.17, 15) is 4.79 Å². The van der Waals surface area contributed by atoms with Gasteiger partial charge in [-0.25, -0.2) is 0 Å². The van der Waals surface area contributed by atoms with Crippen molar-refractivity contribution in [3.05, 3.63) is 70.8 Å². The van der Waals surface area contributed by atoms with Crippen LogP contribution in [0.2, 0.25) is 0 Å². The number of carboxylic acid groups (broad SMARTS) is 1. The molecule has 150 valence electrons. The maximum atomic E-state index is 10.7. The molecular formula is C23H29ClN2O2. The van der Waals surface area contributed by atoms with Crippen molar-refractivity contribution in [1.29, 1.82) is 0 Å². The number of hydrogen-bond acceptors (Lipinski definition) is 3. The molecule has 28 heavy (non-hydrogen) atoms. The second kappa shape index (κ2) is 9.55. The Bertz CT molecular complexity index is 755. The highest BCUT2D eigenvalue weighted by molar-refractivity contribution is 5.85. The van der Waals surface area contributed by atoms with Crippen LogP contribution >= 0.6 is 12.4 Å². The van der Waals surface area contributed by atoms with Gasteiger partial charge in [-0.3, -0.25) is 9.69 Å². The molecule has 0 spiro atoms. The molecule has 0 radical (unpaired) electrons. The number of piperazine rings is 1. The van der Waals surface area contributed by atoms with E-state index in [0.29, 0.717) is 6.04 Å². The molecule has 1 heterocycles. The Labute approximate surface area is 173 Å². The van der Waals surface area contributed by atoms with E-state index in [-0.39, 0.29) is 18.8 Å². The Morgan fingerprint density at radius 1 is 0.893 bits per heavy atom. The van der Waals surface area contributed by atoms with Gasteiger partial charge in [0, 0.05) is 32.6 Å². The summed E-state index contributed by atoms with van der Waals surface area (Å²) in [5.74, 6) is -0.694. The molecule has 0 amide bonds. The van der Waals surface area contributed by atoms with Crippen molar-refractivity contribution < 1.29 is 9.90 Å². The minimum absolute atomic E-state index is 0. The van der Waals surface area contributed by atoms with E-state index in [0.717, 1.165) is 52.0 Å². The van der Waals surface area contributed by atoms with Crippen molar-refractivity contribution in [3.63, 3.8) is 0 Å². The highest BCUT2D eigenvalue weighted by Gasteiger charge is 2.30. The first kappa shape index (κ1) is 20.8. The largest absolute Gasteiger partial charge is 0.481 e. The predicted octanol–water partition coefficient (Wildman–Crippen LogP) is 3.78. The summed E-state index contributed by atoms with van der Waals surface area (Å²) in [5, 5.41) is 8.84. The number of fused-ring (bicyclic) bond motifs is 2. The van der Waals surface area contributed by atoms with Gasteiger partial charge in [0.2, 0.25) is 0 Å². The van der Waals surface area contributed by atoms with Crippen LogP contribution in [0.1, 0.15) is 41.1 Å². The van der Waals surface area contributed by atoms with Crippen LogP contribution in [0.5, 0.6) is 0 Å². The molecule has 1 saturated heterocycles. The van der Waals surface area contributed by atoms with Crippen LogP contribution < -0.4 is 0 Å². The molecule has 0 atom stereocenters. The summed E-state index contributed by atoms with van der Waals surface area (Å²) in [5.41, 5.74) is 5.87. The molecule has 2 aliphatic rings. The van der Waals surface area contributed by atoms with Gasteiger partial charge in [-0.05, 0) is 48.1 Å². The first-order chi connectivity index (χ1) is 13.2. The maximum Gasteiger partial charge on any atom is 0.303 e. The molecule has 4 nitrogen and oxygen atoms in total. The van der Waals surface area contributed by atoms with Gasteiger partial charge in [-0.1, -0.05) is 48.5 Å². The summed E-state index contributed by atoms with van der Waals surface area (Å²) in [4.78, 5) is 15.8. The van der Waals surface area contributed by atoms with Crippen molar-refractivity contribution in [2.45, 2.75) is 31.7 Å². The number of rotatable bonds is 5. The molecule has 2 aromatic rings. The molecule has 0 saturated carbocycles. The van der Waals surface area contributed by atoms with Crippen molar-refractivity contribution in [1.82, 2.24) is 9.80 Å². The van der Waals surface area contributed by atoms with Gasteiger partial charge >= 0.3 is 5.97 Å². The summed E-state index contributed by atoms with van der Waals surface area (Å²) in [6.07, 6.45) is 3.23. The lowest BCUT2D eigenvalue weighted by Crippen LogP contribution is -2.48. The molecule has 0 aromatic heterocycles. The fraction of sp³-hybridized carbons (Fsp3) is 0.435. The monoisotopic (exact) mass is 400 g/mol. The van der Waals surface area contributed by atoms with Gasteiger partial charge in [0.1, 0.15) is 0 Å². The van der Waals surface area contributed by atoms with Crippen LogP contribution in [0.3, 0.4) is 0 Å². The number of nitrogens with zero attached hydrogens (tertiary/aromatic N) is 2. The van der Waals surface area contributed by atoms with Gasteiger partial charge < -0.3 is 10.0 Å². The SMILES string of the molecule is Cl.O=C(O)CCCN1CCN(C2c3ccccc3CCc3ccccc32)CC1. The fourth-order valence-corrected chi connectivity index (χ4v) is 4.59. The second-order valence-corrected chi connectivity index (χ2v) is 7.68. The van der Waals surface area contributed by atoms with E-state index in [1.807, 2.05) is 0 Å². The average molecular weight is 401 g/mol. The molecule has 4 rings (SSSR count). The Balaban J connectivity index is 0.00000225. The van der Waals surface area contributed by atoms with Gasteiger partial charge in [0.05, 0.1) is 6.04 Å². The molecule has 1 N–H and O–H groups in total. The summed E-state index contributed by atoms with van der Waals surface area (Å²) in [6, 6.07) is 18.2. The summed E-state index contributed by atoms with van der Waals surface area (Å²) in [7, 11) is 0. The zero-order valence-electron chi connectivity index (χ0n) is 16.2. The Kier molecular flexibility index (Phi) is 7.11. The predicted molar refractivity (Wildman–Crippen MR) is 114 cm³/mol. The number of carboxylic acids is 1. The van der Waals surface area contributed by atoms with Crippen LogP contribution in [-0.4, -0.2) is 53.6 Å². The van der Waals surface area contributed by atoms with Gasteiger partial charge in [-0.15, -0.1) is 12.4 Å². The summed E-state index contributed by atoms with van der Waals surface area (Å²) in [6.45, 7) is 4.97. The van der Waals surface area contributed by atoms with Crippen molar-refractivity contribution >= 4 is 18.4 Å². The smallest absolute Gasteiger partial charge is 0.303 e. The molecule has 1 aliphatic heterocycles. The first-order valence-corrected chi connectivity index (χ1v) is 10.1. The lowest BCUT2D eigenvalue weighted by molar-refractivity contribution is -0.137. The standard InChI is InChI=1S/C23H28N2O2.ClH/c26-22(27)10-5-13-24-14-16-25(17-15-24)23-20-8-3-1-6-18(20)11-12-19-7-2-4-9-21(19)23;/h1-4,6-9,23H,5,10-17H2,(H,26,27);1H. The molecule has 1 aliphatic carbocycles. The molecule has 1 fully saturated rings. The Hall–Kier alpha value is -1.88. The van der Waals surface area contributed by atoms with Crippen molar-refractivity contribution in [2.24, 2.45) is 0 Å². The average Bonchev–Trinajstić information content (AvgIpc) is 2.85. The zero-order valence-corrected chi connectivity index (χ0v) is 17.0. The summed E-state index contributed by atoms with van der Waals surface area (Å²) < 4.78 is 0. The lowest BCUT2D eigenvalue weighted by Gasteiger charge is -2.40. The van der Waals surface area contributed by atoms with Crippen LogP contribution in [0, 0.1) is 0 Å². The highest BCUT2D eigenvalue weighted by atomic mass is 35.5. The fourth-order valence-electron chi connectivity index (χ4n) is 4.59. The first-order valence-electron chi connectivity index (χ1n) is 10.1. The van der Waals surface area contributed by atoms with Gasteiger partial charge in [0.15, 0.2) is 0 Å². The van der Waals surface area contributed by atoms with Crippen molar-refractivity contribution in [2.75, 3.05) is 32.7 Å². The van der Waals surface area contributed by atoms with Crippen molar-refractivity contribution in [3.8, 4) is 0 Å². The van der Waals surface area contributed by atoms with E-state index in [2.05, 4.69) is 58.3 Å². The molecule has 5 heteroatoms. The van der Waals surface area contributed by atoms with Gasteiger partial charge in [-0.2, -0.15) is 0 Å². The molecule has 0 bridgehead atoms. The van der Waals surface area contributed by atoms with E-state index < -0.39 is 5.97 Å². The number of carbonyl (C=O) groups is 1. The quantitative estimate of drug-likeness (QED) is 0.829. The zero-order chi connectivity index (χ0) is 18.6. The number of halogens is 1. The second-order valence-electron chi connectivity index (χ2n) is 7.68. The van der Waals surface area contributed by atoms with E-state index in [4.69, 9.17) is 5.11 Å². The number of aliphatic carboxylic acids is 1. The van der Waals surface area contributed by atoms with E-state index >= 15 is 0 Å². The minimum atomic E-state index is -0.694. The number of benzene rings is 2. The van der Waals surface area contributed by atoms with Crippen LogP contribution in [-0.2, 0) is 17.6 Å². The number of hydrogen-bond donors (Lipinski definition) is 1. The van der Waals surface area contributed by atoms with Gasteiger partial charge in [0.25, 0.3) is 0 Å². The van der Waals surface area contributed by atoms with Crippen LogP contribution in [0.25, 0.3) is 0 Å². The highest BCUT2D eigenvalue weighted by Crippen LogP contribution is 2.37. The van der Waals surface area contributed by atoms with E-state index in [1.54, 1.807) is 0 Å². The summed E-state index contributed by atoms with van der Waals surface area (Å²) >= 11 is 0. The molecule has 2 aromatic carbocycles. The lowest BCUT2D eigenvalue weighted by atomic mass is 9.92. The topological polar surface area (TPSA) is 43.8 Å². The molecular weight excluding hydrogens is 372 g/mol. The Morgan fingerprint density at radius 3 is 1.96 bits per heavy atom. The minimum Gasteiger partial charge on any atom is -0.481 e. The third-order valence-electron chi connectivity index (χ3n) is 6.00. The normalized spacial score (nSPS) is 17.9. The maximum absolute atomic E-state index is 10.7. The third kappa shape index (κ3) is 4.57. The molecule has 0 unspecified atom stereocenters. The van der Waals surface area contributed by atoms with Crippen LogP contribution in [0.4, 0.5) is 0 Å². The Morgan fingerprint density at radius 2 is 1.43 bits per heavy atom. The third-order valence-corrected chi connectivity index (χ3v) is 6.00. The van der Waals surface area contributed by atoms with Crippen LogP contribution in [0.15, 0.2) is 48.5 Å². The number of aryl methyl sites for hydroxylation is 2.